The highest BCUT2D eigenvalue weighted by Crippen LogP contribution is 2.29. The van der Waals surface area contributed by atoms with Crippen LogP contribution < -0.4 is 10.6 Å². The Kier molecular flexibility index (Phi) is 6.85. The van der Waals surface area contributed by atoms with Crippen molar-refractivity contribution in [3.8, 4) is 0 Å². The second-order valence-electron chi connectivity index (χ2n) is 5.91. The van der Waals surface area contributed by atoms with Crippen LogP contribution in [0.5, 0.6) is 0 Å². The molecule has 0 bridgehead atoms. The van der Waals surface area contributed by atoms with Crippen LogP contribution in [0.2, 0.25) is 5.02 Å². The number of halogens is 4. The number of alkyl halides is 3. The molecule has 0 saturated heterocycles. The minimum absolute atomic E-state index is 0.233. The van der Waals surface area contributed by atoms with Gasteiger partial charge < -0.3 is 10.6 Å². The van der Waals surface area contributed by atoms with Gasteiger partial charge in [0.2, 0.25) is 5.91 Å². The van der Waals surface area contributed by atoms with Crippen molar-refractivity contribution in [2.45, 2.75) is 25.6 Å². The highest BCUT2D eigenvalue weighted by Gasteiger charge is 2.29. The average molecular weight is 399 g/mol. The minimum atomic E-state index is -4.37. The third-order valence-corrected chi connectivity index (χ3v) is 4.18. The average Bonchev–Trinajstić information content (AvgIpc) is 2.61. The van der Waals surface area contributed by atoms with Crippen molar-refractivity contribution in [2.75, 3.05) is 6.54 Å². The highest BCUT2D eigenvalue weighted by atomic mass is 35.5. The molecule has 8 heteroatoms. The fourth-order valence-corrected chi connectivity index (χ4v) is 2.55. The molecule has 0 spiro atoms. The van der Waals surface area contributed by atoms with Crippen molar-refractivity contribution >= 4 is 23.4 Å². The number of amides is 2. The van der Waals surface area contributed by atoms with Crippen LogP contribution in [0.1, 0.15) is 28.4 Å². The summed E-state index contributed by atoms with van der Waals surface area (Å²) in [6.45, 7) is 1.76. The van der Waals surface area contributed by atoms with Gasteiger partial charge in [0, 0.05) is 6.54 Å². The van der Waals surface area contributed by atoms with Crippen LogP contribution in [-0.4, -0.2) is 24.4 Å². The van der Waals surface area contributed by atoms with Crippen LogP contribution in [0.4, 0.5) is 13.2 Å². The molecule has 2 rings (SSSR count). The molecule has 0 aliphatic carbocycles. The molecule has 1 atom stereocenters. The first-order valence-corrected chi connectivity index (χ1v) is 8.55. The molecule has 4 nitrogen and oxygen atoms in total. The molecule has 144 valence electrons. The Labute approximate surface area is 159 Å². The summed E-state index contributed by atoms with van der Waals surface area (Å²) in [5.74, 6) is -0.867. The summed E-state index contributed by atoms with van der Waals surface area (Å²) in [4.78, 5) is 24.2. The smallest absolute Gasteiger partial charge is 0.354 e. The van der Waals surface area contributed by atoms with Crippen LogP contribution in [0, 0.1) is 0 Å². The Morgan fingerprint density at radius 3 is 2.30 bits per heavy atom. The van der Waals surface area contributed by atoms with Crippen molar-refractivity contribution in [3.63, 3.8) is 0 Å². The number of carbonyl (C=O) groups excluding carboxylic acids is 2. The number of nitrogens with one attached hydrogen (secondary N) is 2. The van der Waals surface area contributed by atoms with Gasteiger partial charge in [0.15, 0.2) is 0 Å². The lowest BCUT2D eigenvalue weighted by Gasteiger charge is -2.15. The first kappa shape index (κ1) is 20.8. The zero-order chi connectivity index (χ0) is 20.0. The predicted molar refractivity (Wildman–Crippen MR) is 96.5 cm³/mol. The summed E-state index contributed by atoms with van der Waals surface area (Å²) < 4.78 is 37.6. The molecular weight excluding hydrogens is 381 g/mol. The monoisotopic (exact) mass is 398 g/mol. The molecule has 0 aromatic heterocycles. The van der Waals surface area contributed by atoms with Gasteiger partial charge in [0.25, 0.3) is 5.91 Å². The van der Waals surface area contributed by atoms with Crippen molar-refractivity contribution < 1.29 is 22.8 Å². The summed E-state index contributed by atoms with van der Waals surface area (Å²) in [5.41, 5.74) is 0.214. The van der Waals surface area contributed by atoms with Gasteiger partial charge in [-0.15, -0.1) is 0 Å². The molecule has 0 saturated carbocycles. The van der Waals surface area contributed by atoms with Crippen LogP contribution in [0.25, 0.3) is 0 Å². The van der Waals surface area contributed by atoms with Crippen LogP contribution in [-0.2, 0) is 17.4 Å². The van der Waals surface area contributed by atoms with Crippen molar-refractivity contribution in [1.29, 1.82) is 0 Å². The summed E-state index contributed by atoms with van der Waals surface area (Å²) in [6, 6.07) is 10.4. The molecule has 2 aromatic rings. The van der Waals surface area contributed by atoms with Gasteiger partial charge >= 0.3 is 6.18 Å². The molecule has 27 heavy (non-hydrogen) atoms. The van der Waals surface area contributed by atoms with E-state index in [1.165, 1.54) is 19.1 Å². The van der Waals surface area contributed by atoms with E-state index >= 15 is 0 Å². The summed E-state index contributed by atoms with van der Waals surface area (Å²) in [6.07, 6.45) is -4.00. The third-order valence-electron chi connectivity index (χ3n) is 3.85. The van der Waals surface area contributed by atoms with Crippen molar-refractivity contribution in [3.05, 3.63) is 70.2 Å². The van der Waals surface area contributed by atoms with Crippen LogP contribution >= 0.6 is 11.6 Å². The number of benzene rings is 2. The number of hydrogen-bond donors (Lipinski definition) is 2. The SMILES string of the molecule is C[C@H](NC(=O)c1ccccc1Cl)C(=O)NCCc1ccc(C(F)(F)F)cc1. The number of rotatable bonds is 6. The molecule has 0 fully saturated rings. The first-order valence-electron chi connectivity index (χ1n) is 8.17. The summed E-state index contributed by atoms with van der Waals surface area (Å²) in [7, 11) is 0. The summed E-state index contributed by atoms with van der Waals surface area (Å²) >= 11 is 5.94. The second kappa shape index (κ2) is 8.90. The van der Waals surface area contributed by atoms with E-state index < -0.39 is 29.6 Å². The largest absolute Gasteiger partial charge is 0.416 e. The van der Waals surface area contributed by atoms with E-state index in [-0.39, 0.29) is 17.1 Å². The zero-order valence-electron chi connectivity index (χ0n) is 14.4. The first-order chi connectivity index (χ1) is 12.7. The molecule has 0 heterocycles. The van der Waals surface area contributed by atoms with Gasteiger partial charge in [-0.25, -0.2) is 0 Å². The Hall–Kier alpha value is -2.54. The standard InChI is InChI=1S/C19H18ClF3N2O2/c1-12(25-18(27)15-4-2-3-5-16(15)20)17(26)24-11-10-13-6-8-14(9-7-13)19(21,22)23/h2-9,12H,10-11H2,1H3,(H,24,26)(H,25,27)/t12-/m0/s1. The number of hydrogen-bond acceptors (Lipinski definition) is 2. The maximum absolute atomic E-state index is 12.5. The van der Waals surface area contributed by atoms with Crippen molar-refractivity contribution in [1.82, 2.24) is 10.6 Å². The van der Waals surface area contributed by atoms with E-state index in [0.29, 0.717) is 12.0 Å². The maximum atomic E-state index is 12.5. The van der Waals surface area contributed by atoms with Crippen LogP contribution in [0.3, 0.4) is 0 Å². The molecule has 0 aliphatic rings. The maximum Gasteiger partial charge on any atom is 0.416 e. The van der Waals surface area contributed by atoms with Gasteiger partial charge in [0.1, 0.15) is 6.04 Å². The lowest BCUT2D eigenvalue weighted by molar-refractivity contribution is -0.137. The fraction of sp³-hybridized carbons (Fsp3) is 0.263. The van der Waals surface area contributed by atoms with Gasteiger partial charge in [-0.05, 0) is 43.2 Å². The Morgan fingerprint density at radius 2 is 1.70 bits per heavy atom. The van der Waals surface area contributed by atoms with Gasteiger partial charge in [-0.2, -0.15) is 13.2 Å². The summed E-state index contributed by atoms with van der Waals surface area (Å²) in [5, 5.41) is 5.47. The second-order valence-corrected chi connectivity index (χ2v) is 6.32. The fourth-order valence-electron chi connectivity index (χ4n) is 2.33. The van der Waals surface area contributed by atoms with Gasteiger partial charge in [-0.3, -0.25) is 9.59 Å². The quantitative estimate of drug-likeness (QED) is 0.776. The van der Waals surface area contributed by atoms with Crippen LogP contribution in [0.15, 0.2) is 48.5 Å². The molecule has 0 unspecified atom stereocenters. The highest BCUT2D eigenvalue weighted by molar-refractivity contribution is 6.33. The lowest BCUT2D eigenvalue weighted by atomic mass is 10.1. The molecule has 0 radical (unpaired) electrons. The molecule has 2 aromatic carbocycles. The van der Waals surface area contributed by atoms with E-state index in [2.05, 4.69) is 10.6 Å². The van der Waals surface area contributed by atoms with Gasteiger partial charge in [0.05, 0.1) is 16.1 Å². The predicted octanol–water partition coefficient (Wildman–Crippen LogP) is 3.84. The molecular formula is C19H18ClF3N2O2. The Balaban J connectivity index is 1.81. The topological polar surface area (TPSA) is 58.2 Å². The number of carbonyl (C=O) groups is 2. The van der Waals surface area contributed by atoms with E-state index in [0.717, 1.165) is 12.1 Å². The third kappa shape index (κ3) is 5.99. The minimum Gasteiger partial charge on any atom is -0.354 e. The molecule has 2 N–H and O–H groups in total. The van der Waals surface area contributed by atoms with E-state index in [1.54, 1.807) is 24.3 Å². The Bertz CT molecular complexity index is 807. The zero-order valence-corrected chi connectivity index (χ0v) is 15.2. The van der Waals surface area contributed by atoms with Gasteiger partial charge in [-0.1, -0.05) is 35.9 Å². The van der Waals surface area contributed by atoms with E-state index in [9.17, 15) is 22.8 Å². The van der Waals surface area contributed by atoms with E-state index in [4.69, 9.17) is 11.6 Å². The molecule has 0 aliphatic heterocycles. The normalized spacial score (nSPS) is 12.3. The Morgan fingerprint density at radius 1 is 1.07 bits per heavy atom. The molecule has 2 amide bonds. The van der Waals surface area contributed by atoms with E-state index in [1.807, 2.05) is 0 Å². The lowest BCUT2D eigenvalue weighted by Crippen LogP contribution is -2.45. The van der Waals surface area contributed by atoms with Crippen molar-refractivity contribution in [2.24, 2.45) is 0 Å².